The van der Waals surface area contributed by atoms with Crippen molar-refractivity contribution >= 4 is 28.9 Å². The molecular formula is C16H14FN3O2. The van der Waals surface area contributed by atoms with Crippen LogP contribution in [-0.2, 0) is 16.0 Å². The van der Waals surface area contributed by atoms with E-state index >= 15 is 0 Å². The van der Waals surface area contributed by atoms with Crippen LogP contribution in [0.5, 0.6) is 0 Å². The van der Waals surface area contributed by atoms with Gasteiger partial charge in [-0.3, -0.25) is 9.59 Å². The molecule has 2 amide bonds. The van der Waals surface area contributed by atoms with Gasteiger partial charge in [-0.15, -0.1) is 0 Å². The average Bonchev–Trinajstić information content (AvgIpc) is 2.79. The van der Waals surface area contributed by atoms with Crippen LogP contribution in [-0.4, -0.2) is 18.4 Å². The molecular weight excluding hydrogens is 285 g/mol. The van der Waals surface area contributed by atoms with Crippen molar-refractivity contribution in [2.24, 2.45) is 0 Å². The van der Waals surface area contributed by atoms with E-state index in [0.29, 0.717) is 5.69 Å². The third-order valence-electron chi connectivity index (χ3n) is 3.49. The number of nitrogens with zero attached hydrogens (tertiary/aromatic N) is 1. The highest BCUT2D eigenvalue weighted by Crippen LogP contribution is 2.28. The van der Waals surface area contributed by atoms with Crippen molar-refractivity contribution < 1.29 is 14.0 Å². The summed E-state index contributed by atoms with van der Waals surface area (Å²) in [6.45, 7) is -0.163. The Morgan fingerprint density at radius 3 is 2.86 bits per heavy atom. The van der Waals surface area contributed by atoms with E-state index in [2.05, 4.69) is 5.32 Å². The third kappa shape index (κ3) is 2.63. The molecule has 0 spiro atoms. The lowest BCUT2D eigenvalue weighted by atomic mass is 10.2. The molecule has 1 aliphatic rings. The van der Waals surface area contributed by atoms with E-state index in [1.54, 1.807) is 12.1 Å². The van der Waals surface area contributed by atoms with Gasteiger partial charge >= 0.3 is 0 Å². The third-order valence-corrected chi connectivity index (χ3v) is 3.49. The summed E-state index contributed by atoms with van der Waals surface area (Å²) >= 11 is 0. The van der Waals surface area contributed by atoms with Gasteiger partial charge in [-0.05, 0) is 29.8 Å². The standard InChI is InChI=1S/C16H14FN3O2/c17-12-6-5-11(18)8-13(12)19-15(21)9-20-14-4-2-1-3-10(14)7-16(20)22/h1-6,8H,7,9,18H2,(H,19,21). The molecule has 1 aliphatic heterocycles. The van der Waals surface area contributed by atoms with Crippen LogP contribution in [0, 0.1) is 5.82 Å². The topological polar surface area (TPSA) is 75.4 Å². The predicted molar refractivity (Wildman–Crippen MR) is 81.9 cm³/mol. The molecule has 3 N–H and O–H groups in total. The first-order chi connectivity index (χ1) is 10.5. The molecule has 112 valence electrons. The number of halogens is 1. The Morgan fingerprint density at radius 2 is 2.05 bits per heavy atom. The van der Waals surface area contributed by atoms with Crippen molar-refractivity contribution in [3.05, 3.63) is 53.8 Å². The molecule has 0 atom stereocenters. The number of benzene rings is 2. The van der Waals surface area contributed by atoms with Crippen LogP contribution in [0.25, 0.3) is 0 Å². The summed E-state index contributed by atoms with van der Waals surface area (Å²) in [4.78, 5) is 25.5. The maximum absolute atomic E-state index is 13.6. The largest absolute Gasteiger partial charge is 0.399 e. The molecule has 6 heteroatoms. The highest BCUT2D eigenvalue weighted by molar-refractivity contribution is 6.07. The summed E-state index contributed by atoms with van der Waals surface area (Å²) in [5, 5.41) is 2.44. The first-order valence-electron chi connectivity index (χ1n) is 6.78. The minimum Gasteiger partial charge on any atom is -0.399 e. The highest BCUT2D eigenvalue weighted by Gasteiger charge is 2.28. The molecule has 0 radical (unpaired) electrons. The lowest BCUT2D eigenvalue weighted by Gasteiger charge is -2.17. The molecule has 2 aromatic carbocycles. The first kappa shape index (κ1) is 14.1. The molecule has 0 bridgehead atoms. The van der Waals surface area contributed by atoms with Crippen molar-refractivity contribution in [3.63, 3.8) is 0 Å². The second kappa shape index (κ2) is 5.48. The number of hydrogen-bond acceptors (Lipinski definition) is 3. The van der Waals surface area contributed by atoms with Gasteiger partial charge in [-0.25, -0.2) is 4.39 Å². The van der Waals surface area contributed by atoms with E-state index in [-0.39, 0.29) is 24.6 Å². The van der Waals surface area contributed by atoms with Gasteiger partial charge in [0.05, 0.1) is 12.1 Å². The monoisotopic (exact) mass is 299 g/mol. The van der Waals surface area contributed by atoms with Crippen molar-refractivity contribution in [1.29, 1.82) is 0 Å². The van der Waals surface area contributed by atoms with Crippen molar-refractivity contribution in [2.45, 2.75) is 6.42 Å². The smallest absolute Gasteiger partial charge is 0.244 e. The maximum Gasteiger partial charge on any atom is 0.244 e. The van der Waals surface area contributed by atoms with Gasteiger partial charge in [-0.2, -0.15) is 0 Å². The zero-order valence-electron chi connectivity index (χ0n) is 11.7. The number of hydrogen-bond donors (Lipinski definition) is 2. The van der Waals surface area contributed by atoms with Crippen LogP contribution < -0.4 is 16.0 Å². The molecule has 0 aromatic heterocycles. The van der Waals surface area contributed by atoms with Crippen LogP contribution in [0.1, 0.15) is 5.56 Å². The van der Waals surface area contributed by atoms with Gasteiger partial charge in [0.25, 0.3) is 0 Å². The molecule has 22 heavy (non-hydrogen) atoms. The van der Waals surface area contributed by atoms with E-state index in [0.717, 1.165) is 11.3 Å². The second-order valence-corrected chi connectivity index (χ2v) is 5.07. The summed E-state index contributed by atoms with van der Waals surface area (Å²) in [6.07, 6.45) is 0.274. The van der Waals surface area contributed by atoms with Gasteiger partial charge in [0.15, 0.2) is 0 Å². The molecule has 0 aliphatic carbocycles. The summed E-state index contributed by atoms with van der Waals surface area (Å²) in [5.41, 5.74) is 7.52. The van der Waals surface area contributed by atoms with E-state index in [9.17, 15) is 14.0 Å². The molecule has 0 saturated carbocycles. The van der Waals surface area contributed by atoms with Gasteiger partial charge < -0.3 is 16.0 Å². The summed E-state index contributed by atoms with van der Waals surface area (Å²) in [7, 11) is 0. The molecule has 0 unspecified atom stereocenters. The minimum absolute atomic E-state index is 0.00457. The Balaban J connectivity index is 1.75. The average molecular weight is 299 g/mol. The molecule has 0 saturated heterocycles. The zero-order chi connectivity index (χ0) is 15.7. The number of anilines is 3. The van der Waals surface area contributed by atoms with Gasteiger partial charge in [0.1, 0.15) is 12.4 Å². The second-order valence-electron chi connectivity index (χ2n) is 5.07. The lowest BCUT2D eigenvalue weighted by Crippen LogP contribution is -2.35. The molecule has 0 fully saturated rings. The Bertz CT molecular complexity index is 761. The number of carbonyl (C=O) groups is 2. The maximum atomic E-state index is 13.6. The van der Waals surface area contributed by atoms with Gasteiger partial charge in [0.2, 0.25) is 11.8 Å². The number of para-hydroxylation sites is 1. The normalized spacial score (nSPS) is 13.1. The zero-order valence-corrected chi connectivity index (χ0v) is 11.7. The van der Waals surface area contributed by atoms with Crippen LogP contribution in [0.15, 0.2) is 42.5 Å². The van der Waals surface area contributed by atoms with Gasteiger partial charge in [-0.1, -0.05) is 18.2 Å². The van der Waals surface area contributed by atoms with Crippen LogP contribution in [0.3, 0.4) is 0 Å². The number of nitrogens with one attached hydrogen (secondary N) is 1. The van der Waals surface area contributed by atoms with Gasteiger partial charge in [0, 0.05) is 11.4 Å². The first-order valence-corrected chi connectivity index (χ1v) is 6.78. The quantitative estimate of drug-likeness (QED) is 0.850. The van der Waals surface area contributed by atoms with Crippen LogP contribution in [0.2, 0.25) is 0 Å². The fourth-order valence-corrected chi connectivity index (χ4v) is 2.46. The Hall–Kier alpha value is -2.89. The number of amides is 2. The Kier molecular flexibility index (Phi) is 3.50. The number of fused-ring (bicyclic) bond motifs is 1. The van der Waals surface area contributed by atoms with E-state index in [4.69, 9.17) is 5.73 Å². The molecule has 1 heterocycles. The van der Waals surface area contributed by atoms with Crippen LogP contribution >= 0.6 is 0 Å². The SMILES string of the molecule is Nc1ccc(F)c(NC(=O)CN2C(=O)Cc3ccccc32)c1. The van der Waals surface area contributed by atoms with E-state index in [1.807, 2.05) is 12.1 Å². The highest BCUT2D eigenvalue weighted by atomic mass is 19.1. The van der Waals surface area contributed by atoms with Crippen LogP contribution in [0.4, 0.5) is 21.5 Å². The predicted octanol–water partition coefficient (Wildman–Crippen LogP) is 1.94. The number of nitrogens with two attached hydrogens (primary N) is 1. The summed E-state index contributed by atoms with van der Waals surface area (Å²) < 4.78 is 13.6. The lowest BCUT2D eigenvalue weighted by molar-refractivity contribution is -0.120. The minimum atomic E-state index is -0.573. The summed E-state index contributed by atoms with van der Waals surface area (Å²) in [5.74, 6) is -1.20. The van der Waals surface area contributed by atoms with Crippen molar-refractivity contribution in [3.8, 4) is 0 Å². The van der Waals surface area contributed by atoms with Crippen molar-refractivity contribution in [2.75, 3.05) is 22.5 Å². The van der Waals surface area contributed by atoms with E-state index in [1.165, 1.54) is 23.1 Å². The molecule has 3 rings (SSSR count). The van der Waals surface area contributed by atoms with E-state index < -0.39 is 11.7 Å². The fourth-order valence-electron chi connectivity index (χ4n) is 2.46. The molecule has 5 nitrogen and oxygen atoms in total. The fraction of sp³-hybridized carbons (Fsp3) is 0.125. The Labute approximate surface area is 126 Å². The summed E-state index contributed by atoms with van der Waals surface area (Å²) in [6, 6.07) is 11.2. The number of carbonyl (C=O) groups excluding carboxylic acids is 2. The number of nitrogen functional groups attached to an aromatic ring is 1. The Morgan fingerprint density at radius 1 is 1.27 bits per heavy atom. The number of rotatable bonds is 3. The van der Waals surface area contributed by atoms with Crippen molar-refractivity contribution in [1.82, 2.24) is 0 Å². The molecule has 2 aromatic rings.